The Bertz CT molecular complexity index is 867. The van der Waals surface area contributed by atoms with E-state index in [1.165, 1.54) is 0 Å². The van der Waals surface area contributed by atoms with Crippen molar-refractivity contribution in [2.45, 2.75) is 52.3 Å². The first-order chi connectivity index (χ1) is 15.5. The van der Waals surface area contributed by atoms with Crippen LogP contribution in [0.5, 0.6) is 0 Å². The fraction of sp³-hybridized carbons (Fsp3) is 0.727. The summed E-state index contributed by atoms with van der Waals surface area (Å²) in [5.41, 5.74) is -0.520. The van der Waals surface area contributed by atoms with Crippen LogP contribution in [0, 0.1) is 5.92 Å². The van der Waals surface area contributed by atoms with Crippen molar-refractivity contribution in [1.82, 2.24) is 29.6 Å². The molecule has 1 aromatic rings. The predicted molar refractivity (Wildman–Crippen MR) is 127 cm³/mol. The summed E-state index contributed by atoms with van der Waals surface area (Å²) in [5.74, 6) is 0.216. The lowest BCUT2D eigenvalue weighted by Gasteiger charge is -2.40. The number of carbonyl (C=O) groups is 3. The lowest BCUT2D eigenvalue weighted by Crippen LogP contribution is -2.57. The smallest absolute Gasteiger partial charge is 0.410 e. The number of rotatable bonds is 4. The van der Waals surface area contributed by atoms with Gasteiger partial charge in [-0.05, 0) is 56.5 Å². The Kier molecular flexibility index (Phi) is 8.04. The molecule has 0 saturated carbocycles. The molecule has 2 fully saturated rings. The van der Waals surface area contributed by atoms with Crippen molar-refractivity contribution in [2.75, 3.05) is 39.3 Å². The van der Waals surface area contributed by atoms with Crippen LogP contribution in [0.15, 0.2) is 10.8 Å². The van der Waals surface area contributed by atoms with E-state index >= 15 is 0 Å². The molecule has 33 heavy (non-hydrogen) atoms. The maximum Gasteiger partial charge on any atom is 0.410 e. The molecular formula is C22H35BrN6O4. The van der Waals surface area contributed by atoms with Crippen molar-refractivity contribution in [1.29, 1.82) is 0 Å². The summed E-state index contributed by atoms with van der Waals surface area (Å²) in [4.78, 5) is 47.7. The van der Waals surface area contributed by atoms with Crippen molar-refractivity contribution in [3.63, 3.8) is 0 Å². The second-order valence-electron chi connectivity index (χ2n) is 9.72. The first-order valence-corrected chi connectivity index (χ1v) is 12.2. The van der Waals surface area contributed by atoms with Crippen molar-refractivity contribution in [2.24, 2.45) is 13.0 Å². The molecule has 3 rings (SSSR count). The third-order valence-electron chi connectivity index (χ3n) is 6.14. The molecule has 0 aliphatic carbocycles. The van der Waals surface area contributed by atoms with E-state index in [1.807, 2.05) is 32.6 Å². The normalized spacial score (nSPS) is 19.3. The van der Waals surface area contributed by atoms with Crippen LogP contribution in [0.3, 0.4) is 0 Å². The second-order valence-corrected chi connectivity index (χ2v) is 10.5. The highest BCUT2D eigenvalue weighted by Crippen LogP contribution is 2.22. The molecule has 0 radical (unpaired) electrons. The average molecular weight is 527 g/mol. The highest BCUT2D eigenvalue weighted by Gasteiger charge is 2.34. The molecule has 1 atom stereocenters. The van der Waals surface area contributed by atoms with E-state index < -0.39 is 5.60 Å². The first-order valence-electron chi connectivity index (χ1n) is 11.4. The molecule has 1 N–H and O–H groups in total. The number of halogens is 1. The van der Waals surface area contributed by atoms with Gasteiger partial charge in [0.25, 0.3) is 5.91 Å². The molecule has 10 nitrogen and oxygen atoms in total. The van der Waals surface area contributed by atoms with Gasteiger partial charge < -0.3 is 24.4 Å². The maximum absolute atomic E-state index is 13.0. The van der Waals surface area contributed by atoms with Gasteiger partial charge >= 0.3 is 6.09 Å². The number of amides is 3. The quantitative estimate of drug-likeness (QED) is 0.644. The Morgan fingerprint density at radius 2 is 1.70 bits per heavy atom. The van der Waals surface area contributed by atoms with Crippen LogP contribution in [0.1, 0.15) is 51.2 Å². The van der Waals surface area contributed by atoms with Crippen molar-refractivity contribution >= 4 is 33.8 Å². The van der Waals surface area contributed by atoms with Crippen LogP contribution in [0.2, 0.25) is 0 Å². The van der Waals surface area contributed by atoms with Gasteiger partial charge in [0.2, 0.25) is 5.91 Å². The number of piperazine rings is 1. The predicted octanol–water partition coefficient (Wildman–Crippen LogP) is 2.05. The van der Waals surface area contributed by atoms with Crippen LogP contribution in [0.25, 0.3) is 0 Å². The fourth-order valence-electron chi connectivity index (χ4n) is 4.17. The Balaban J connectivity index is 1.43. The highest BCUT2D eigenvalue weighted by molar-refractivity contribution is 9.10. The molecule has 0 aromatic carbocycles. The highest BCUT2D eigenvalue weighted by atomic mass is 79.9. The van der Waals surface area contributed by atoms with Crippen LogP contribution in [-0.4, -0.2) is 93.2 Å². The minimum atomic E-state index is -0.520. The van der Waals surface area contributed by atoms with Gasteiger partial charge in [-0.1, -0.05) is 0 Å². The van der Waals surface area contributed by atoms with Crippen molar-refractivity contribution < 1.29 is 19.1 Å². The standard InChI is InChI=1S/C22H35BrN6O4/c1-15(25-19(30)18-24-14-17(23)26(18)5)27-10-12-28(13-11-27)20(31)16-6-8-29(9-7-16)21(32)33-22(2,3)4/h14-16H,6-13H2,1-5H3,(H,25,30). The van der Waals surface area contributed by atoms with Crippen LogP contribution < -0.4 is 5.32 Å². The molecule has 3 amide bonds. The molecule has 184 valence electrons. The molecule has 1 aromatic heterocycles. The van der Waals surface area contributed by atoms with Crippen LogP contribution >= 0.6 is 15.9 Å². The third kappa shape index (κ3) is 6.47. The summed E-state index contributed by atoms with van der Waals surface area (Å²) in [6.07, 6.45) is 2.44. The van der Waals surface area contributed by atoms with E-state index in [-0.39, 0.29) is 30.0 Å². The van der Waals surface area contributed by atoms with Gasteiger partial charge in [-0.25, -0.2) is 9.78 Å². The zero-order chi connectivity index (χ0) is 24.3. The number of aromatic nitrogens is 2. The zero-order valence-electron chi connectivity index (χ0n) is 20.1. The van der Waals surface area contributed by atoms with E-state index in [0.717, 1.165) is 4.60 Å². The van der Waals surface area contributed by atoms with E-state index in [9.17, 15) is 14.4 Å². The number of nitrogens with one attached hydrogen (secondary N) is 1. The van der Waals surface area contributed by atoms with Gasteiger partial charge in [0.15, 0.2) is 5.82 Å². The fourth-order valence-corrected chi connectivity index (χ4v) is 4.44. The molecule has 0 spiro atoms. The zero-order valence-corrected chi connectivity index (χ0v) is 21.7. The largest absolute Gasteiger partial charge is 0.444 e. The van der Waals surface area contributed by atoms with Gasteiger partial charge in [-0.2, -0.15) is 0 Å². The molecular weight excluding hydrogens is 492 g/mol. The maximum atomic E-state index is 13.0. The number of likely N-dealkylation sites (tertiary alicyclic amines) is 1. The SMILES string of the molecule is CC(NC(=O)c1ncc(Br)n1C)N1CCN(C(=O)C2CCN(C(=O)OC(C)(C)C)CC2)CC1. The Labute approximate surface area is 203 Å². The molecule has 1 unspecified atom stereocenters. The van der Waals surface area contributed by atoms with E-state index in [2.05, 4.69) is 31.1 Å². The summed E-state index contributed by atoms with van der Waals surface area (Å²) in [6.45, 7) is 11.2. The van der Waals surface area contributed by atoms with Crippen molar-refractivity contribution in [3.05, 3.63) is 16.6 Å². The van der Waals surface area contributed by atoms with E-state index in [1.54, 1.807) is 22.7 Å². The molecule has 0 bridgehead atoms. The number of nitrogens with zero attached hydrogens (tertiary/aromatic N) is 5. The Morgan fingerprint density at radius 3 is 2.21 bits per heavy atom. The monoisotopic (exact) mass is 526 g/mol. The first kappa shape index (κ1) is 25.5. The van der Waals surface area contributed by atoms with Crippen molar-refractivity contribution in [3.8, 4) is 0 Å². The Morgan fingerprint density at radius 1 is 1.09 bits per heavy atom. The number of carbonyl (C=O) groups excluding carboxylic acids is 3. The van der Waals surface area contributed by atoms with Gasteiger partial charge in [-0.15, -0.1) is 0 Å². The van der Waals surface area contributed by atoms with Gasteiger partial charge in [0.05, 0.1) is 12.4 Å². The lowest BCUT2D eigenvalue weighted by molar-refractivity contribution is -0.139. The lowest BCUT2D eigenvalue weighted by atomic mass is 9.95. The van der Waals surface area contributed by atoms with Crippen LogP contribution in [-0.2, 0) is 16.6 Å². The minimum Gasteiger partial charge on any atom is -0.444 e. The number of imidazole rings is 1. The third-order valence-corrected chi connectivity index (χ3v) is 6.88. The van der Waals surface area contributed by atoms with E-state index in [4.69, 9.17) is 4.74 Å². The molecule has 11 heteroatoms. The summed E-state index contributed by atoms with van der Waals surface area (Å²) in [6, 6.07) is 0. The van der Waals surface area contributed by atoms with Gasteiger partial charge in [0, 0.05) is 52.2 Å². The topological polar surface area (TPSA) is 100 Å². The molecule has 2 saturated heterocycles. The number of hydrogen-bond donors (Lipinski definition) is 1. The summed E-state index contributed by atoms with van der Waals surface area (Å²) < 4.78 is 7.86. The van der Waals surface area contributed by atoms with Gasteiger partial charge in [-0.3, -0.25) is 14.5 Å². The summed E-state index contributed by atoms with van der Waals surface area (Å²) in [5, 5.41) is 2.99. The summed E-state index contributed by atoms with van der Waals surface area (Å²) in [7, 11) is 1.78. The summed E-state index contributed by atoms with van der Waals surface area (Å²) >= 11 is 3.35. The molecule has 3 heterocycles. The number of ether oxygens (including phenoxy) is 1. The number of piperidine rings is 1. The average Bonchev–Trinajstić information content (AvgIpc) is 3.10. The molecule has 2 aliphatic heterocycles. The van der Waals surface area contributed by atoms with Gasteiger partial charge in [0.1, 0.15) is 10.2 Å². The minimum absolute atomic E-state index is 0.0609. The molecule has 2 aliphatic rings. The number of hydrogen-bond acceptors (Lipinski definition) is 6. The van der Waals surface area contributed by atoms with E-state index in [0.29, 0.717) is 57.9 Å². The van der Waals surface area contributed by atoms with Crippen LogP contribution in [0.4, 0.5) is 4.79 Å². The Hall–Kier alpha value is -2.14. The second kappa shape index (κ2) is 10.4.